The van der Waals surface area contributed by atoms with Crippen LogP contribution in [0.5, 0.6) is 11.5 Å². The summed E-state index contributed by atoms with van der Waals surface area (Å²) in [5, 5.41) is 4.74. The molecule has 0 aromatic heterocycles. The van der Waals surface area contributed by atoms with Gasteiger partial charge in [0.2, 0.25) is 0 Å². The first-order chi connectivity index (χ1) is 25.8. The van der Waals surface area contributed by atoms with E-state index in [9.17, 15) is 0 Å². The molecular weight excluding hydrogens is 631 g/mol. The van der Waals surface area contributed by atoms with Crippen LogP contribution in [0.2, 0.25) is 0 Å². The van der Waals surface area contributed by atoms with Gasteiger partial charge in [0, 0.05) is 27.9 Å². The normalized spacial score (nSPS) is 11.6. The Bertz CT molecular complexity index is 2750. The smallest absolute Gasteiger partial charge is 0.135 e. The van der Waals surface area contributed by atoms with Crippen LogP contribution in [0, 0.1) is 0 Å². The highest BCUT2D eigenvalue weighted by atomic mass is 16.5. The third-order valence-corrected chi connectivity index (χ3v) is 10.3. The Balaban J connectivity index is 1.23. The standard InChI is InChI=1S/C50H33NO/c1-3-12-34(13-4-1)36-22-26-40(27-23-36)51(47-21-11-18-37-16-7-9-19-42(37)47)41-28-29-44-45-32-39(35-14-5-2-6-15-35)25-30-48(45)52-49-31-24-38-17-8-10-20-43(38)50(49)46(44)33-41/h1-33H. The van der Waals surface area contributed by atoms with Gasteiger partial charge in [-0.05, 0) is 98.1 Å². The van der Waals surface area contributed by atoms with Crippen LogP contribution in [-0.2, 0) is 0 Å². The summed E-state index contributed by atoms with van der Waals surface area (Å²) in [4.78, 5) is 2.40. The van der Waals surface area contributed by atoms with Crippen LogP contribution in [0.15, 0.2) is 200 Å². The van der Waals surface area contributed by atoms with E-state index < -0.39 is 0 Å². The van der Waals surface area contributed by atoms with E-state index in [4.69, 9.17) is 4.74 Å². The fourth-order valence-corrected chi connectivity index (χ4v) is 7.75. The third-order valence-electron chi connectivity index (χ3n) is 10.3. The number of nitrogens with zero attached hydrogens (tertiary/aromatic N) is 1. The summed E-state index contributed by atoms with van der Waals surface area (Å²) >= 11 is 0. The second-order valence-corrected chi connectivity index (χ2v) is 13.3. The average Bonchev–Trinajstić information content (AvgIpc) is 3.36. The Morgan fingerprint density at radius 2 is 0.904 bits per heavy atom. The van der Waals surface area contributed by atoms with Gasteiger partial charge in [-0.15, -0.1) is 0 Å². The van der Waals surface area contributed by atoms with Gasteiger partial charge in [-0.3, -0.25) is 0 Å². The fraction of sp³-hybridized carbons (Fsp3) is 0. The molecular formula is C50H33NO. The van der Waals surface area contributed by atoms with Crippen LogP contribution in [0.25, 0.3) is 66.1 Å². The minimum atomic E-state index is 0.852. The summed E-state index contributed by atoms with van der Waals surface area (Å²) < 4.78 is 6.85. The second-order valence-electron chi connectivity index (χ2n) is 13.3. The number of rotatable bonds is 5. The van der Waals surface area contributed by atoms with E-state index in [0.29, 0.717) is 0 Å². The van der Waals surface area contributed by atoms with Gasteiger partial charge >= 0.3 is 0 Å². The van der Waals surface area contributed by atoms with Crippen LogP contribution in [0.1, 0.15) is 0 Å². The van der Waals surface area contributed by atoms with E-state index in [-0.39, 0.29) is 0 Å². The Labute approximate surface area is 303 Å². The van der Waals surface area contributed by atoms with E-state index in [1.165, 1.54) is 38.2 Å². The van der Waals surface area contributed by atoms with E-state index in [1.54, 1.807) is 0 Å². The molecule has 1 aliphatic heterocycles. The highest BCUT2D eigenvalue weighted by molar-refractivity contribution is 6.07. The van der Waals surface area contributed by atoms with Crippen molar-refractivity contribution >= 4 is 38.6 Å². The number of anilines is 3. The maximum Gasteiger partial charge on any atom is 0.135 e. The molecule has 0 saturated carbocycles. The number of hydrogen-bond acceptors (Lipinski definition) is 2. The zero-order chi connectivity index (χ0) is 34.4. The molecule has 0 spiro atoms. The zero-order valence-electron chi connectivity index (χ0n) is 28.4. The van der Waals surface area contributed by atoms with Crippen molar-refractivity contribution in [1.29, 1.82) is 0 Å². The topological polar surface area (TPSA) is 12.5 Å². The molecule has 9 aromatic carbocycles. The molecule has 0 amide bonds. The quantitative estimate of drug-likeness (QED) is 0.182. The van der Waals surface area contributed by atoms with Crippen molar-refractivity contribution in [1.82, 2.24) is 0 Å². The number of ether oxygens (including phenoxy) is 1. The number of benzene rings is 9. The van der Waals surface area contributed by atoms with Crippen molar-refractivity contribution in [3.8, 4) is 56.0 Å². The van der Waals surface area contributed by atoms with Gasteiger partial charge in [0.05, 0.1) is 5.69 Å². The van der Waals surface area contributed by atoms with Gasteiger partial charge in [0.1, 0.15) is 11.5 Å². The lowest BCUT2D eigenvalue weighted by atomic mass is 9.89. The minimum Gasteiger partial charge on any atom is -0.456 e. The van der Waals surface area contributed by atoms with E-state index in [0.717, 1.165) is 56.4 Å². The molecule has 0 bridgehead atoms. The molecule has 0 fully saturated rings. The van der Waals surface area contributed by atoms with Gasteiger partial charge in [0.15, 0.2) is 0 Å². The van der Waals surface area contributed by atoms with Crippen LogP contribution in [0.3, 0.4) is 0 Å². The molecule has 0 N–H and O–H groups in total. The minimum absolute atomic E-state index is 0.852. The second kappa shape index (κ2) is 12.5. The molecule has 0 saturated heterocycles. The molecule has 2 heteroatoms. The van der Waals surface area contributed by atoms with Crippen molar-refractivity contribution in [3.63, 3.8) is 0 Å². The molecule has 244 valence electrons. The first kappa shape index (κ1) is 30.0. The lowest BCUT2D eigenvalue weighted by Gasteiger charge is -2.28. The molecule has 2 nitrogen and oxygen atoms in total. The molecule has 0 unspecified atom stereocenters. The lowest BCUT2D eigenvalue weighted by Crippen LogP contribution is -2.10. The maximum absolute atomic E-state index is 6.85. The molecule has 0 aliphatic carbocycles. The first-order valence-corrected chi connectivity index (χ1v) is 17.8. The third kappa shape index (κ3) is 5.12. The Kier molecular flexibility index (Phi) is 7.18. The summed E-state index contributed by atoms with van der Waals surface area (Å²) in [5.74, 6) is 1.71. The molecule has 0 atom stereocenters. The van der Waals surface area contributed by atoms with Crippen molar-refractivity contribution in [3.05, 3.63) is 200 Å². The summed E-state index contributed by atoms with van der Waals surface area (Å²) in [7, 11) is 0. The summed E-state index contributed by atoms with van der Waals surface area (Å²) in [6.07, 6.45) is 0. The summed E-state index contributed by atoms with van der Waals surface area (Å²) in [6.45, 7) is 0. The van der Waals surface area contributed by atoms with Crippen molar-refractivity contribution < 1.29 is 4.74 Å². The predicted molar refractivity (Wildman–Crippen MR) is 218 cm³/mol. The average molecular weight is 664 g/mol. The summed E-state index contributed by atoms with van der Waals surface area (Å²) in [5.41, 5.74) is 12.5. The monoisotopic (exact) mass is 663 g/mol. The fourth-order valence-electron chi connectivity index (χ4n) is 7.75. The molecule has 1 heterocycles. The van der Waals surface area contributed by atoms with Crippen LogP contribution < -0.4 is 9.64 Å². The number of hydrogen-bond donors (Lipinski definition) is 0. The van der Waals surface area contributed by atoms with Crippen molar-refractivity contribution in [2.75, 3.05) is 4.90 Å². The number of fused-ring (bicyclic) bond motifs is 8. The highest BCUT2D eigenvalue weighted by Gasteiger charge is 2.25. The zero-order valence-corrected chi connectivity index (χ0v) is 28.4. The van der Waals surface area contributed by atoms with Crippen LogP contribution >= 0.6 is 0 Å². The van der Waals surface area contributed by atoms with E-state index in [2.05, 4.69) is 205 Å². The largest absolute Gasteiger partial charge is 0.456 e. The van der Waals surface area contributed by atoms with Gasteiger partial charge in [-0.25, -0.2) is 0 Å². The van der Waals surface area contributed by atoms with Gasteiger partial charge in [0.25, 0.3) is 0 Å². The molecule has 9 aromatic rings. The van der Waals surface area contributed by atoms with Gasteiger partial charge in [-0.1, -0.05) is 152 Å². The Hall–Kier alpha value is -6.90. The SMILES string of the molecule is c1ccc(-c2ccc(N(c3ccc4c(c3)-c3c(ccc5ccccc35)Oc3ccc(-c5ccccc5)cc3-4)c3cccc4ccccc34)cc2)cc1. The highest BCUT2D eigenvalue weighted by Crippen LogP contribution is 2.52. The lowest BCUT2D eigenvalue weighted by molar-refractivity contribution is 0.488. The predicted octanol–water partition coefficient (Wildman–Crippen LogP) is 14.2. The summed E-state index contributed by atoms with van der Waals surface area (Å²) in [6, 6.07) is 71.7. The van der Waals surface area contributed by atoms with Crippen molar-refractivity contribution in [2.45, 2.75) is 0 Å². The van der Waals surface area contributed by atoms with Gasteiger partial charge in [-0.2, -0.15) is 0 Å². The van der Waals surface area contributed by atoms with Crippen LogP contribution in [0.4, 0.5) is 17.1 Å². The van der Waals surface area contributed by atoms with Crippen molar-refractivity contribution in [2.24, 2.45) is 0 Å². The molecule has 1 aliphatic rings. The van der Waals surface area contributed by atoms with Crippen LogP contribution in [-0.4, -0.2) is 0 Å². The molecule has 10 rings (SSSR count). The van der Waals surface area contributed by atoms with E-state index >= 15 is 0 Å². The first-order valence-electron chi connectivity index (χ1n) is 17.8. The Morgan fingerprint density at radius 1 is 0.327 bits per heavy atom. The van der Waals surface area contributed by atoms with E-state index in [1.807, 2.05) is 0 Å². The Morgan fingerprint density at radius 3 is 1.67 bits per heavy atom. The maximum atomic E-state index is 6.85. The molecule has 52 heavy (non-hydrogen) atoms. The molecule has 0 radical (unpaired) electrons. The van der Waals surface area contributed by atoms with Gasteiger partial charge < -0.3 is 9.64 Å².